The molecule has 0 saturated heterocycles. The molecule has 10 heteroatoms. The molecule has 3 amide bonds. The molecule has 12 rings (SSSR count). The lowest BCUT2D eigenvalue weighted by Crippen LogP contribution is -2.42. The van der Waals surface area contributed by atoms with Crippen molar-refractivity contribution in [3.63, 3.8) is 0 Å². The van der Waals surface area contributed by atoms with E-state index >= 15 is 0 Å². The molecule has 0 bridgehead atoms. The molecule has 0 atom stereocenters. The van der Waals surface area contributed by atoms with E-state index in [4.69, 9.17) is 0 Å². The smallest absolute Gasteiger partial charge is 0.265 e. The predicted octanol–water partition coefficient (Wildman–Crippen LogP) is 13.9. The average molecular weight is 987 g/mol. The van der Waals surface area contributed by atoms with E-state index in [1.54, 1.807) is 18.2 Å². The van der Waals surface area contributed by atoms with Gasteiger partial charge in [-0.1, -0.05) is 106 Å². The third-order valence-electron chi connectivity index (χ3n) is 15.3. The largest absolute Gasteiger partial charge is 0.508 e. The number of benzene rings is 10. The lowest BCUT2D eigenvalue weighted by molar-refractivity contribution is -0.112. The van der Waals surface area contributed by atoms with E-state index < -0.39 is 23.1 Å². The Balaban J connectivity index is 1.13. The highest BCUT2D eigenvalue weighted by Crippen LogP contribution is 2.49. The van der Waals surface area contributed by atoms with Crippen LogP contribution in [0.1, 0.15) is 93.5 Å². The first-order valence-electron chi connectivity index (χ1n) is 25.0. The fourth-order valence-corrected chi connectivity index (χ4v) is 12.3. The van der Waals surface area contributed by atoms with E-state index in [-0.39, 0.29) is 45.7 Å². The van der Waals surface area contributed by atoms with Gasteiger partial charge in [0.25, 0.3) is 17.7 Å². The normalized spacial score (nSPS) is 14.2. The second-order valence-electron chi connectivity index (χ2n) is 20.6. The number of aryl methyl sites for hydroxylation is 3. The number of allylic oxidation sites excluding steroid dienone is 2. The van der Waals surface area contributed by atoms with Crippen molar-refractivity contribution in [2.75, 3.05) is 10.2 Å². The van der Waals surface area contributed by atoms with E-state index in [1.807, 2.05) is 45.0 Å². The first-order chi connectivity index (χ1) is 35.9. The number of nitrogens with one attached hydrogen (secondary N) is 1. The summed E-state index contributed by atoms with van der Waals surface area (Å²) in [4.78, 5) is 58.2. The summed E-state index contributed by atoms with van der Waals surface area (Å²) in [7, 11) is 0. The van der Waals surface area contributed by atoms with Crippen LogP contribution in [0.4, 0.5) is 11.4 Å². The number of aromatic hydroxyl groups is 4. The van der Waals surface area contributed by atoms with Crippen molar-refractivity contribution >= 4 is 117 Å². The molecule has 0 saturated carbocycles. The SMILES string of the molecule is C/C=C/c1c2ccc(-c3ccc(C(C)=O)c4c(C(=O)Nc5cc(O)cc(O)c5)ccc(CC)c34)c3c(C)ccc(c4ccc5c6c7c8c(ccc7c(C)c5c14)C(=O)N(c1cc(O)cc(O)c1)C(=O)C8=CC(C)(C)C=6)c23. The van der Waals surface area contributed by atoms with E-state index in [0.717, 1.165) is 109 Å². The quantitative estimate of drug-likeness (QED) is 0.0456. The zero-order valence-electron chi connectivity index (χ0n) is 42.3. The van der Waals surface area contributed by atoms with E-state index in [2.05, 4.69) is 80.7 Å². The number of carbonyl (C=O) groups is 4. The van der Waals surface area contributed by atoms with Gasteiger partial charge in [-0.2, -0.15) is 0 Å². The summed E-state index contributed by atoms with van der Waals surface area (Å²) in [6.45, 7) is 13.9. The number of Topliss-reactive ketones (excluding diaryl/α,β-unsaturated/α-hetero) is 1. The highest BCUT2D eigenvalue weighted by Gasteiger charge is 2.40. The van der Waals surface area contributed by atoms with Crippen molar-refractivity contribution < 1.29 is 39.6 Å². The first-order valence-corrected chi connectivity index (χ1v) is 25.0. The fraction of sp³-hybridized carbons (Fsp3) is 0.138. The topological polar surface area (TPSA) is 164 Å². The van der Waals surface area contributed by atoms with Crippen LogP contribution >= 0.6 is 0 Å². The molecule has 0 unspecified atom stereocenters. The van der Waals surface area contributed by atoms with Gasteiger partial charge in [0.1, 0.15) is 23.0 Å². The van der Waals surface area contributed by atoms with Crippen LogP contribution in [0, 0.1) is 19.3 Å². The van der Waals surface area contributed by atoms with Crippen LogP contribution in [0.25, 0.3) is 93.5 Å². The van der Waals surface area contributed by atoms with Gasteiger partial charge < -0.3 is 25.7 Å². The van der Waals surface area contributed by atoms with Crippen molar-refractivity contribution in [1.82, 2.24) is 0 Å². The highest BCUT2D eigenvalue weighted by atomic mass is 16.3. The van der Waals surface area contributed by atoms with Gasteiger partial charge in [0.2, 0.25) is 0 Å². The molecular formula is C65H50N2O8. The minimum Gasteiger partial charge on any atom is -0.508 e. The summed E-state index contributed by atoms with van der Waals surface area (Å²) in [5.41, 5.74) is 7.39. The summed E-state index contributed by atoms with van der Waals surface area (Å²) >= 11 is 0. The number of phenolic OH excluding ortho intramolecular Hbond substituents is 4. The Morgan fingerprint density at radius 2 is 1.20 bits per heavy atom. The Kier molecular flexibility index (Phi) is 10.4. The van der Waals surface area contributed by atoms with E-state index in [9.17, 15) is 39.6 Å². The number of nitrogens with zero attached hydrogens (tertiary/aromatic N) is 1. The van der Waals surface area contributed by atoms with Gasteiger partial charge in [-0.25, -0.2) is 4.90 Å². The van der Waals surface area contributed by atoms with Gasteiger partial charge in [-0.15, -0.1) is 0 Å². The number of imide groups is 1. The standard InChI is InChI=1S/C65H50N2O8/c1-8-10-43-47-19-18-44(45-17-16-42(33(5)68)58-50(14-12-34(9-2)56(45)58)62(73)66-35-23-37(69)27-38(70)24-35)54-31(3)11-13-46(59(47)54)48-20-21-49-52-29-65(6,7)30-53-61-51(22-15-41(57(52)61)32(4)55(49)60(43)48)63(74)67(64(53)75)36-25-39(71)28-40(72)26-36/h8,10-30,69-72H,9H2,1-7H3,(H,66,73)/b10-8+. The van der Waals surface area contributed by atoms with Crippen molar-refractivity contribution in [3.8, 4) is 34.1 Å². The van der Waals surface area contributed by atoms with E-state index in [1.165, 1.54) is 37.3 Å². The maximum absolute atomic E-state index is 14.7. The molecule has 0 radical (unpaired) electrons. The van der Waals surface area contributed by atoms with Crippen LogP contribution in [0.5, 0.6) is 23.0 Å². The molecule has 5 N–H and O–H groups in total. The molecule has 368 valence electrons. The zero-order chi connectivity index (χ0) is 52.7. The van der Waals surface area contributed by atoms with Crippen LogP contribution in [0.3, 0.4) is 0 Å². The Labute approximate surface area is 430 Å². The van der Waals surface area contributed by atoms with Crippen molar-refractivity contribution in [2.24, 2.45) is 5.41 Å². The molecule has 10 aromatic carbocycles. The molecule has 10 aromatic rings. The lowest BCUT2D eigenvalue weighted by atomic mass is 9.80. The second-order valence-corrected chi connectivity index (χ2v) is 20.6. The summed E-state index contributed by atoms with van der Waals surface area (Å²) < 4.78 is 0. The zero-order valence-corrected chi connectivity index (χ0v) is 42.3. The maximum Gasteiger partial charge on any atom is 0.265 e. The van der Waals surface area contributed by atoms with Gasteiger partial charge in [0.05, 0.1) is 5.69 Å². The van der Waals surface area contributed by atoms with Crippen LogP contribution in [-0.2, 0) is 11.2 Å². The monoisotopic (exact) mass is 986 g/mol. The maximum atomic E-state index is 14.7. The molecule has 10 nitrogen and oxygen atoms in total. The predicted molar refractivity (Wildman–Crippen MR) is 301 cm³/mol. The summed E-state index contributed by atoms with van der Waals surface area (Å²) in [6.07, 6.45) is 8.97. The number of hydrogen-bond donors (Lipinski definition) is 5. The van der Waals surface area contributed by atoms with Crippen LogP contribution in [0.15, 0.2) is 121 Å². The molecule has 1 heterocycles. The lowest BCUT2D eigenvalue weighted by Gasteiger charge is -2.30. The number of anilines is 2. The highest BCUT2D eigenvalue weighted by molar-refractivity contribution is 6.44. The first kappa shape index (κ1) is 46.8. The summed E-state index contributed by atoms with van der Waals surface area (Å²) in [6, 6.07) is 31.9. The summed E-state index contributed by atoms with van der Waals surface area (Å²) in [5.74, 6) is -2.76. The molecule has 1 aliphatic carbocycles. The number of hydrogen-bond acceptors (Lipinski definition) is 8. The van der Waals surface area contributed by atoms with Crippen LogP contribution < -0.4 is 15.4 Å². The Morgan fingerprint density at radius 3 is 1.89 bits per heavy atom. The fourth-order valence-electron chi connectivity index (χ4n) is 12.3. The average Bonchev–Trinajstić information content (AvgIpc) is 3.61. The van der Waals surface area contributed by atoms with Crippen molar-refractivity contribution in [1.29, 1.82) is 0 Å². The number of ketones is 1. The van der Waals surface area contributed by atoms with Crippen LogP contribution in [0.2, 0.25) is 0 Å². The third-order valence-corrected chi connectivity index (χ3v) is 15.3. The van der Waals surface area contributed by atoms with Gasteiger partial charge in [0.15, 0.2) is 5.78 Å². The Morgan fingerprint density at radius 1 is 0.600 bits per heavy atom. The number of rotatable bonds is 7. The van der Waals surface area contributed by atoms with Crippen LogP contribution in [-0.4, -0.2) is 43.9 Å². The number of amides is 3. The van der Waals surface area contributed by atoms with Crippen molar-refractivity contribution in [3.05, 3.63) is 171 Å². The molecule has 1 aliphatic heterocycles. The minimum absolute atomic E-state index is 0.0697. The number of phenols is 4. The van der Waals surface area contributed by atoms with Gasteiger partial charge >= 0.3 is 0 Å². The van der Waals surface area contributed by atoms with Gasteiger partial charge in [-0.05, 0) is 144 Å². The molecule has 2 aliphatic rings. The van der Waals surface area contributed by atoms with Crippen molar-refractivity contribution in [2.45, 2.75) is 54.9 Å². The Hall–Kier alpha value is -9.28. The second kappa shape index (κ2) is 16.6. The minimum atomic E-state index is -0.674. The van der Waals surface area contributed by atoms with Gasteiger partial charge in [-0.3, -0.25) is 19.2 Å². The molecular weight excluding hydrogens is 937 g/mol. The molecule has 0 spiro atoms. The molecule has 0 aromatic heterocycles. The number of fused-ring (bicyclic) bond motifs is 6. The van der Waals surface area contributed by atoms with Gasteiger partial charge in [0, 0.05) is 80.7 Å². The van der Waals surface area contributed by atoms with E-state index in [0.29, 0.717) is 34.1 Å². The number of carbonyl (C=O) groups excluding carboxylic acids is 4. The molecule has 0 fully saturated rings. The molecule has 75 heavy (non-hydrogen) atoms. The summed E-state index contributed by atoms with van der Waals surface area (Å²) in [5, 5.41) is 56.4. The Bertz CT molecular complexity index is 4420. The third kappa shape index (κ3) is 6.93.